The van der Waals surface area contributed by atoms with Crippen LogP contribution in [-0.2, 0) is 0 Å². The van der Waals surface area contributed by atoms with Gasteiger partial charge in [-0.15, -0.1) is 283 Å². The molecule has 722 valence electrons. The zero-order chi connectivity index (χ0) is 97.8. The highest BCUT2D eigenvalue weighted by molar-refractivity contribution is 7.45. The molecule has 145 heavy (non-hydrogen) atoms. The van der Waals surface area contributed by atoms with Crippen LogP contribution >= 0.6 is 283 Å². The predicted molar refractivity (Wildman–Crippen MR) is 692 cm³/mol. The molecule has 0 saturated heterocycles. The molecular weight excluding hydrogens is 2310 g/mol. The van der Waals surface area contributed by atoms with Crippen molar-refractivity contribution in [2.24, 2.45) is 0 Å². The number of hydrogen-bond acceptors (Lipinski definition) is 25. The lowest BCUT2D eigenvalue weighted by atomic mass is 10.3. The molecule has 25 heterocycles. The SMILES string of the molecule is CC[Si](CC)(c1ccc(-c2ccc(-c3ccc(-c4ccc(-c5cccs5)s4)s3)s2)s1)c1ccc(-c2ccc(-c3ccc(-c4ccc(-c5ccc([Si](CC)(CC)c6ccc(-c7ccc(-c8ccc(-c9ccc(-c%10ccc([Si](CC)(CC)c%11ccc(-c%12ccc(-c%13ccc(-c%14ccc(-c%15ccc([Si](CC)(CC)c%16ccc(-c%17ccc(-c%18ccc(-c%19ccc(-c%20cccs%20)s%19)s%18)s%17)s%16)s%15)s%14)s%13)s%12)s%11)s%10)s9)s8)s7)s6)s5)s4)s3)s2)s1. The Morgan fingerprint density at radius 3 is 0.290 bits per heavy atom. The average molecular weight is 2400 g/mol. The van der Waals surface area contributed by atoms with Crippen molar-refractivity contribution in [1.29, 1.82) is 0 Å². The molecule has 0 aliphatic carbocycles. The standard InChI is InChI=1S/C116H92S25Si4/c1-9-142(10-2,109-59-51-101(134-109)93-43-35-85(126-93)77-27-25-75(121-77)73-23-21-71(119-73)69-19-17-67-117-69)111-61-53-103(136-111)95-45-37-87(128-95)79-29-31-81(123-79)89-39-47-97(130-89)105-55-63-113(138-105)144(13-5,14-6)115-65-57-107(140-115)99-49-41-91(132-99)83-33-34-84(125-83)92-42-50-100(133-92)108-58-66-116(141-108)145(15-7,16-8)114-64-56-106(139-114)98-48-40-90(131-98)82-32-30-80(124-82)88-38-46-96(129-88)104-54-62-112(137-104)143(11-3,12-4)110-60-52-102(135-110)94-44-36-86(127-94)78-28-26-76(122-78)74-24-22-72(120-74)70-20-18-68-118-70/h17-68H,9-16H2,1-8H3. The summed E-state index contributed by atoms with van der Waals surface area (Å²) in [6.45, 7) is 19.6. The summed E-state index contributed by atoms with van der Waals surface area (Å²) in [4.78, 5) is 54.5. The first-order valence-corrected chi connectivity index (χ1v) is 78.8. The Labute approximate surface area is 951 Å². The maximum Gasteiger partial charge on any atom is 0.142 e. The van der Waals surface area contributed by atoms with Gasteiger partial charge in [0.2, 0.25) is 0 Å². The lowest BCUT2D eigenvalue weighted by Gasteiger charge is -2.27. The largest absolute Gasteiger partial charge is 0.144 e. The minimum absolute atomic E-state index is 1.19. The van der Waals surface area contributed by atoms with Crippen LogP contribution in [0, 0.1) is 0 Å². The van der Waals surface area contributed by atoms with E-state index in [0.717, 1.165) is 0 Å². The van der Waals surface area contributed by atoms with E-state index >= 15 is 0 Å². The van der Waals surface area contributed by atoms with Gasteiger partial charge in [0.15, 0.2) is 0 Å². The fourth-order valence-electron chi connectivity index (χ4n) is 20.0. The molecule has 0 aliphatic rings. The van der Waals surface area contributed by atoms with Gasteiger partial charge >= 0.3 is 0 Å². The normalized spacial score (nSPS) is 12.4. The second-order valence-electron chi connectivity index (χ2n) is 35.9. The quantitative estimate of drug-likeness (QED) is 0.0343. The van der Waals surface area contributed by atoms with Crippen molar-refractivity contribution >= 4 is 352 Å². The van der Waals surface area contributed by atoms with Gasteiger partial charge in [0.05, 0.1) is 0 Å². The topological polar surface area (TPSA) is 0 Å². The van der Waals surface area contributed by atoms with Gasteiger partial charge in [-0.3, -0.25) is 0 Å². The summed E-state index contributed by atoms with van der Waals surface area (Å²) in [5.74, 6) is 0. The van der Waals surface area contributed by atoms with Crippen LogP contribution in [0.15, 0.2) is 314 Å². The maximum atomic E-state index is 2.51. The Kier molecular flexibility index (Phi) is 28.7. The molecule has 25 rings (SSSR count). The van der Waals surface area contributed by atoms with Gasteiger partial charge < -0.3 is 0 Å². The minimum atomic E-state index is -2.03. The third-order valence-electron chi connectivity index (χ3n) is 28.4. The Morgan fingerprint density at radius 1 is 0.110 bits per heavy atom. The second-order valence-corrected chi connectivity index (χ2v) is 84.2. The summed E-state index contributed by atoms with van der Waals surface area (Å²) in [5, 5.41) is 4.33. The molecule has 0 bridgehead atoms. The highest BCUT2D eigenvalue weighted by atomic mass is 32.2. The highest BCUT2D eigenvalue weighted by Crippen LogP contribution is 2.54. The van der Waals surface area contributed by atoms with Crippen LogP contribution in [-0.4, -0.2) is 32.3 Å². The van der Waals surface area contributed by atoms with Crippen LogP contribution in [0.5, 0.6) is 0 Å². The first kappa shape index (κ1) is 99.0. The molecule has 0 fully saturated rings. The zero-order valence-electron chi connectivity index (χ0n) is 79.9. The van der Waals surface area contributed by atoms with Crippen molar-refractivity contribution in [2.45, 2.75) is 104 Å². The van der Waals surface area contributed by atoms with E-state index in [0.29, 0.717) is 0 Å². The minimum Gasteiger partial charge on any atom is -0.144 e. The van der Waals surface area contributed by atoms with Crippen LogP contribution in [0.3, 0.4) is 0 Å². The van der Waals surface area contributed by atoms with E-state index in [9.17, 15) is 0 Å². The summed E-state index contributed by atoms with van der Waals surface area (Å²) >= 11 is 49.1. The van der Waals surface area contributed by atoms with Gasteiger partial charge in [-0.2, -0.15) is 0 Å². The summed E-state index contributed by atoms with van der Waals surface area (Å²) < 4.78 is 12.8. The van der Waals surface area contributed by atoms with Crippen molar-refractivity contribution in [1.82, 2.24) is 0 Å². The molecule has 0 nitrogen and oxygen atoms in total. The first-order chi connectivity index (χ1) is 71.2. The molecule has 0 radical (unpaired) electrons. The third kappa shape index (κ3) is 18.8. The summed E-state index contributed by atoms with van der Waals surface area (Å²) in [5.41, 5.74) is 0. The lowest BCUT2D eigenvalue weighted by Crippen LogP contribution is -2.54. The highest BCUT2D eigenvalue weighted by Gasteiger charge is 2.42. The van der Waals surface area contributed by atoms with Crippen molar-refractivity contribution in [3.8, 4) is 195 Å². The molecule has 0 saturated carbocycles. The van der Waals surface area contributed by atoms with Crippen molar-refractivity contribution in [2.75, 3.05) is 0 Å². The Bertz CT molecular complexity index is 8170. The van der Waals surface area contributed by atoms with Gasteiger partial charge in [0.25, 0.3) is 0 Å². The molecule has 25 aromatic rings. The van der Waals surface area contributed by atoms with Crippen LogP contribution in [0.25, 0.3) is 195 Å². The maximum absolute atomic E-state index is 2.51. The molecule has 25 aromatic heterocycles. The van der Waals surface area contributed by atoms with E-state index in [-0.39, 0.29) is 0 Å². The predicted octanol–water partition coefficient (Wildman–Crippen LogP) is 43.0. The number of hydrogen-bond donors (Lipinski definition) is 0. The fraction of sp³-hybridized carbons (Fsp3) is 0.138. The second kappa shape index (κ2) is 42.1. The van der Waals surface area contributed by atoms with Crippen LogP contribution < -0.4 is 36.0 Å². The van der Waals surface area contributed by atoms with Crippen LogP contribution in [0.1, 0.15) is 55.4 Å². The van der Waals surface area contributed by atoms with Gasteiger partial charge in [-0.05, 0) is 289 Å². The lowest BCUT2D eigenvalue weighted by molar-refractivity contribution is 1.30. The Morgan fingerprint density at radius 2 is 0.200 bits per heavy atom. The molecule has 0 unspecified atom stereocenters. The summed E-state index contributed by atoms with van der Waals surface area (Å²) in [7, 11) is -8.00. The van der Waals surface area contributed by atoms with Gasteiger partial charge in [-0.1, -0.05) is 164 Å². The molecule has 29 heteroatoms. The van der Waals surface area contributed by atoms with E-state index in [1.54, 1.807) is 36.0 Å². The first-order valence-electron chi connectivity index (χ1n) is 48.6. The fourth-order valence-corrected chi connectivity index (χ4v) is 75.4. The molecule has 0 spiro atoms. The summed E-state index contributed by atoms with van der Waals surface area (Å²) in [6.07, 6.45) is 0. The molecule has 0 aliphatic heterocycles. The molecular formula is C116H92S25Si4. The number of thiophene rings is 25. The Hall–Kier alpha value is -6.63. The van der Waals surface area contributed by atoms with Crippen LogP contribution in [0.4, 0.5) is 0 Å². The van der Waals surface area contributed by atoms with Crippen molar-refractivity contribution < 1.29 is 0 Å². The van der Waals surface area contributed by atoms with E-state index in [1.807, 2.05) is 193 Å². The molecule has 0 N–H and O–H groups in total. The average Bonchev–Trinajstić information content (AvgIpc) is 1.61. The van der Waals surface area contributed by atoms with E-state index in [1.165, 1.54) is 243 Å². The smallest absolute Gasteiger partial charge is 0.142 e. The van der Waals surface area contributed by atoms with E-state index in [4.69, 9.17) is 0 Å². The van der Waals surface area contributed by atoms with E-state index < -0.39 is 32.3 Å². The van der Waals surface area contributed by atoms with Crippen molar-refractivity contribution in [3.63, 3.8) is 0 Å². The molecule has 0 aromatic carbocycles. The van der Waals surface area contributed by atoms with Gasteiger partial charge in [0, 0.05) is 195 Å². The zero-order valence-corrected chi connectivity index (χ0v) is 104. The van der Waals surface area contributed by atoms with Gasteiger partial charge in [0.1, 0.15) is 32.3 Å². The van der Waals surface area contributed by atoms with Crippen molar-refractivity contribution in [3.05, 3.63) is 314 Å². The third-order valence-corrected chi connectivity index (χ3v) is 87.9. The Balaban J connectivity index is 0.379. The van der Waals surface area contributed by atoms with Gasteiger partial charge in [-0.25, -0.2) is 0 Å². The van der Waals surface area contributed by atoms with Crippen LogP contribution in [0.2, 0.25) is 48.4 Å². The monoisotopic (exact) mass is 2400 g/mol. The van der Waals surface area contributed by atoms with E-state index in [2.05, 4.69) is 460 Å². The molecule has 0 atom stereocenters. The summed E-state index contributed by atoms with van der Waals surface area (Å²) in [6, 6.07) is 128. The molecule has 0 amide bonds. The number of rotatable bonds is 36.